The van der Waals surface area contributed by atoms with Crippen LogP contribution in [0.15, 0.2) is 0 Å². The lowest BCUT2D eigenvalue weighted by atomic mass is 9.85. The second kappa shape index (κ2) is 5.84. The lowest BCUT2D eigenvalue weighted by molar-refractivity contribution is -0.130. The second-order valence-corrected chi connectivity index (χ2v) is 11.3. The first-order chi connectivity index (χ1) is 11.3. The van der Waals surface area contributed by atoms with Crippen LogP contribution < -0.4 is 15.6 Å². The number of nitrogens with one attached hydrogen (secondary N) is 3. The molecule has 1 amide bonds. The first-order valence-electron chi connectivity index (χ1n) is 8.78. The van der Waals surface area contributed by atoms with E-state index in [9.17, 15) is 13.2 Å². The number of carbonyl (C=O) groups is 1. The van der Waals surface area contributed by atoms with Gasteiger partial charge in [-0.3, -0.25) is 4.79 Å². The smallest absolute Gasteiger partial charge is 0.225 e. The van der Waals surface area contributed by atoms with Gasteiger partial charge in [0.1, 0.15) is 5.50 Å². The molecule has 2 aliphatic heterocycles. The zero-order valence-electron chi connectivity index (χ0n) is 14.1. The van der Waals surface area contributed by atoms with Crippen molar-refractivity contribution in [2.75, 3.05) is 0 Å². The standard InChI is InChI=1S/C15H26N4O3S2/c1-9-16-17-14(23-9)19-12-8-11(4-3-10(12)7-13(19)20)24(21,22)18-15(2)5-6-15/h9-12,14,16-18H,3-8H2,1-2H3. The average Bonchev–Trinajstić information content (AvgIpc) is 2.92. The van der Waals surface area contributed by atoms with Gasteiger partial charge >= 0.3 is 0 Å². The predicted molar refractivity (Wildman–Crippen MR) is 93.2 cm³/mol. The van der Waals surface area contributed by atoms with Crippen molar-refractivity contribution in [1.29, 1.82) is 0 Å². The number of carbonyl (C=O) groups excluding carboxylic acids is 1. The van der Waals surface area contributed by atoms with Gasteiger partial charge in [0.15, 0.2) is 0 Å². The van der Waals surface area contributed by atoms with Gasteiger partial charge < -0.3 is 4.90 Å². The van der Waals surface area contributed by atoms with E-state index in [1.807, 2.05) is 18.7 Å². The van der Waals surface area contributed by atoms with Crippen molar-refractivity contribution in [3.63, 3.8) is 0 Å². The Balaban J connectivity index is 1.49. The van der Waals surface area contributed by atoms with Crippen LogP contribution in [0.2, 0.25) is 0 Å². The van der Waals surface area contributed by atoms with Gasteiger partial charge in [0.05, 0.1) is 10.6 Å². The van der Waals surface area contributed by atoms with Crippen LogP contribution in [0.25, 0.3) is 0 Å². The topological polar surface area (TPSA) is 90.5 Å². The van der Waals surface area contributed by atoms with Crippen molar-refractivity contribution in [3.05, 3.63) is 0 Å². The molecule has 3 N–H and O–H groups in total. The summed E-state index contributed by atoms with van der Waals surface area (Å²) in [7, 11) is -3.32. The molecule has 136 valence electrons. The molecule has 24 heavy (non-hydrogen) atoms. The highest BCUT2D eigenvalue weighted by Gasteiger charge is 2.51. The molecule has 4 fully saturated rings. The van der Waals surface area contributed by atoms with Gasteiger partial charge in [0.25, 0.3) is 0 Å². The molecular formula is C15H26N4O3S2. The highest BCUT2D eigenvalue weighted by atomic mass is 32.2. The number of hydrogen-bond acceptors (Lipinski definition) is 6. The number of likely N-dealkylation sites (tertiary alicyclic amines) is 1. The fraction of sp³-hybridized carbons (Fsp3) is 0.933. The van der Waals surface area contributed by atoms with E-state index in [0.29, 0.717) is 25.2 Å². The van der Waals surface area contributed by atoms with Crippen LogP contribution in [0.4, 0.5) is 0 Å². The largest absolute Gasteiger partial charge is 0.313 e. The summed E-state index contributed by atoms with van der Waals surface area (Å²) in [5, 5.41) is -0.150. The maximum atomic E-state index is 12.7. The summed E-state index contributed by atoms with van der Waals surface area (Å²) < 4.78 is 28.4. The highest BCUT2D eigenvalue weighted by molar-refractivity contribution is 8.00. The molecule has 0 aromatic carbocycles. The maximum absolute atomic E-state index is 12.7. The number of nitrogens with zero attached hydrogens (tertiary/aromatic N) is 1. The third-order valence-corrected chi connectivity index (χ3v) is 9.03. The summed E-state index contributed by atoms with van der Waals surface area (Å²) in [5.41, 5.74) is 5.97. The number of thioether (sulfide) groups is 1. The Morgan fingerprint density at radius 2 is 2.04 bits per heavy atom. The quantitative estimate of drug-likeness (QED) is 0.671. The lowest BCUT2D eigenvalue weighted by Gasteiger charge is -2.38. The molecule has 7 nitrogen and oxygen atoms in total. The van der Waals surface area contributed by atoms with Gasteiger partial charge in [-0.1, -0.05) is 0 Å². The Kier molecular flexibility index (Phi) is 4.15. The number of rotatable bonds is 4. The van der Waals surface area contributed by atoms with Crippen LogP contribution in [0, 0.1) is 5.92 Å². The van der Waals surface area contributed by atoms with Crippen molar-refractivity contribution >= 4 is 27.7 Å². The molecule has 0 radical (unpaired) electrons. The van der Waals surface area contributed by atoms with Crippen LogP contribution in [0.3, 0.4) is 0 Å². The first-order valence-corrected chi connectivity index (χ1v) is 11.3. The SMILES string of the molecule is CC1NNC(N2C(=O)CC3CCC(S(=O)(=O)NC4(C)CC4)CC32)S1. The number of amides is 1. The molecule has 5 unspecified atom stereocenters. The first kappa shape index (κ1) is 17.1. The fourth-order valence-electron chi connectivity index (χ4n) is 4.15. The van der Waals surface area contributed by atoms with E-state index in [1.54, 1.807) is 11.8 Å². The van der Waals surface area contributed by atoms with Gasteiger partial charge in [-0.05, 0) is 51.9 Å². The molecule has 2 heterocycles. The monoisotopic (exact) mass is 374 g/mol. The Morgan fingerprint density at radius 1 is 1.29 bits per heavy atom. The molecule has 0 aromatic rings. The highest BCUT2D eigenvalue weighted by Crippen LogP contribution is 2.43. The van der Waals surface area contributed by atoms with Gasteiger partial charge in [0.2, 0.25) is 15.9 Å². The van der Waals surface area contributed by atoms with Crippen LogP contribution in [-0.2, 0) is 14.8 Å². The predicted octanol–water partition coefficient (Wildman–Crippen LogP) is 0.699. The summed E-state index contributed by atoms with van der Waals surface area (Å²) in [6.07, 6.45) is 4.41. The fourth-order valence-corrected chi connectivity index (χ4v) is 7.17. The van der Waals surface area contributed by atoms with Crippen molar-refractivity contribution in [1.82, 2.24) is 20.5 Å². The molecule has 2 saturated carbocycles. The van der Waals surface area contributed by atoms with E-state index >= 15 is 0 Å². The van der Waals surface area contributed by atoms with E-state index in [0.717, 1.165) is 19.3 Å². The van der Waals surface area contributed by atoms with E-state index in [-0.39, 0.29) is 33.6 Å². The molecule has 0 bridgehead atoms. The Labute approximate surface area is 147 Å². The summed E-state index contributed by atoms with van der Waals surface area (Å²) in [4.78, 5) is 14.4. The summed E-state index contributed by atoms with van der Waals surface area (Å²) in [6, 6.07) is 0.0249. The number of hydrogen-bond donors (Lipinski definition) is 3. The van der Waals surface area contributed by atoms with Gasteiger partial charge in [-0.15, -0.1) is 11.8 Å². The van der Waals surface area contributed by atoms with Crippen LogP contribution >= 0.6 is 11.8 Å². The van der Waals surface area contributed by atoms with E-state index in [4.69, 9.17) is 0 Å². The minimum atomic E-state index is -3.32. The maximum Gasteiger partial charge on any atom is 0.225 e. The van der Waals surface area contributed by atoms with E-state index in [2.05, 4.69) is 15.6 Å². The van der Waals surface area contributed by atoms with Crippen molar-refractivity contribution in [2.24, 2.45) is 5.92 Å². The molecule has 4 rings (SSSR count). The summed E-state index contributed by atoms with van der Waals surface area (Å²) in [5.74, 6) is 0.435. The molecule has 9 heteroatoms. The molecular weight excluding hydrogens is 348 g/mol. The molecule has 5 atom stereocenters. The van der Waals surface area contributed by atoms with Crippen molar-refractivity contribution in [2.45, 2.75) is 80.1 Å². The normalized spacial score (nSPS) is 41.5. The molecule has 2 saturated heterocycles. The number of sulfonamides is 1. The third kappa shape index (κ3) is 3.09. The number of hydrazine groups is 1. The van der Waals surface area contributed by atoms with E-state index in [1.165, 1.54) is 0 Å². The van der Waals surface area contributed by atoms with Crippen molar-refractivity contribution < 1.29 is 13.2 Å². The van der Waals surface area contributed by atoms with Gasteiger partial charge in [-0.25, -0.2) is 24.0 Å². The van der Waals surface area contributed by atoms with Crippen LogP contribution in [0.5, 0.6) is 0 Å². The van der Waals surface area contributed by atoms with Crippen molar-refractivity contribution in [3.8, 4) is 0 Å². The Hall–Kier alpha value is -0.350. The summed E-state index contributed by atoms with van der Waals surface area (Å²) in [6.45, 7) is 4.01. The third-order valence-electron chi connectivity index (χ3n) is 5.81. The molecule has 0 spiro atoms. The van der Waals surface area contributed by atoms with E-state index < -0.39 is 10.0 Å². The second-order valence-electron chi connectivity index (χ2n) is 7.89. The Bertz CT molecular complexity index is 637. The summed E-state index contributed by atoms with van der Waals surface area (Å²) >= 11 is 1.67. The minimum Gasteiger partial charge on any atom is -0.313 e. The molecule has 0 aromatic heterocycles. The molecule has 2 aliphatic carbocycles. The van der Waals surface area contributed by atoms with Gasteiger partial charge in [-0.2, -0.15) is 0 Å². The van der Waals surface area contributed by atoms with Crippen LogP contribution in [-0.4, -0.2) is 46.9 Å². The lowest BCUT2D eigenvalue weighted by Crippen LogP contribution is -2.52. The van der Waals surface area contributed by atoms with Crippen LogP contribution in [0.1, 0.15) is 52.4 Å². The average molecular weight is 375 g/mol. The number of fused-ring (bicyclic) bond motifs is 1. The Morgan fingerprint density at radius 3 is 2.67 bits per heavy atom. The molecule has 4 aliphatic rings. The zero-order valence-corrected chi connectivity index (χ0v) is 15.8. The minimum absolute atomic E-state index is 0.0249. The zero-order chi connectivity index (χ0) is 17.1. The van der Waals surface area contributed by atoms with Gasteiger partial charge in [0, 0.05) is 18.0 Å².